The van der Waals surface area contributed by atoms with Crippen LogP contribution in [0.15, 0.2) is 24.3 Å². The smallest absolute Gasteiger partial charge is 0.119 e. The van der Waals surface area contributed by atoms with Gasteiger partial charge in [-0.25, -0.2) is 0 Å². The first kappa shape index (κ1) is 13.7. The van der Waals surface area contributed by atoms with Crippen molar-refractivity contribution < 1.29 is 26.2 Å². The van der Waals surface area contributed by atoms with Crippen LogP contribution in [0, 0.1) is 5.92 Å². The van der Waals surface area contributed by atoms with E-state index in [1.807, 2.05) is 18.2 Å². The first-order valence-corrected chi connectivity index (χ1v) is 4.74. The fourth-order valence-corrected chi connectivity index (χ4v) is 1.33. The first-order valence-electron chi connectivity index (χ1n) is 4.74. The van der Waals surface area contributed by atoms with Gasteiger partial charge >= 0.3 is 0 Å². The van der Waals surface area contributed by atoms with Gasteiger partial charge in [0.05, 0.1) is 0 Å². The van der Waals surface area contributed by atoms with Gasteiger partial charge < -0.3 is 5.11 Å². The Morgan fingerprint density at radius 3 is 2.07 bits per heavy atom. The van der Waals surface area contributed by atoms with E-state index in [2.05, 4.69) is 27.7 Å². The maximum absolute atomic E-state index is 9.70. The van der Waals surface area contributed by atoms with E-state index in [0.717, 1.165) is 5.56 Å². The molecule has 0 heterocycles. The standard InChI is InChI=1S/C12H18O.W/c1-9(2)12(3,4)10-7-5-6-8-11(10)13;/h5-9,13H,1-4H3;. The molecule has 0 saturated carbocycles. The summed E-state index contributed by atoms with van der Waals surface area (Å²) in [6.45, 7) is 8.66. The monoisotopic (exact) mass is 362 g/mol. The van der Waals surface area contributed by atoms with E-state index in [9.17, 15) is 5.11 Å². The quantitative estimate of drug-likeness (QED) is 0.856. The molecule has 0 radical (unpaired) electrons. The summed E-state index contributed by atoms with van der Waals surface area (Å²) in [6, 6.07) is 7.57. The molecule has 1 nitrogen and oxygen atoms in total. The van der Waals surface area contributed by atoms with E-state index >= 15 is 0 Å². The van der Waals surface area contributed by atoms with Crippen molar-refractivity contribution in [2.75, 3.05) is 0 Å². The summed E-state index contributed by atoms with van der Waals surface area (Å²) in [6.07, 6.45) is 0. The Kier molecular flexibility index (Phi) is 4.87. The zero-order valence-corrected chi connectivity index (χ0v) is 12.2. The van der Waals surface area contributed by atoms with Gasteiger partial charge in [-0.05, 0) is 23.0 Å². The zero-order valence-electron chi connectivity index (χ0n) is 9.24. The molecule has 0 spiro atoms. The van der Waals surface area contributed by atoms with Gasteiger partial charge in [-0.15, -0.1) is 0 Å². The molecule has 0 bridgehead atoms. The largest absolute Gasteiger partial charge is 0.508 e. The third-order valence-electron chi connectivity index (χ3n) is 3.04. The van der Waals surface area contributed by atoms with Gasteiger partial charge in [-0.2, -0.15) is 0 Å². The Morgan fingerprint density at radius 1 is 1.14 bits per heavy atom. The van der Waals surface area contributed by atoms with Crippen LogP contribution in [0.5, 0.6) is 5.75 Å². The molecule has 1 aromatic rings. The summed E-state index contributed by atoms with van der Waals surface area (Å²) in [5.74, 6) is 0.919. The molecule has 0 aliphatic heterocycles. The first-order chi connectivity index (χ1) is 5.96. The van der Waals surface area contributed by atoms with Crippen molar-refractivity contribution in [3.8, 4) is 5.75 Å². The second-order valence-electron chi connectivity index (χ2n) is 4.39. The van der Waals surface area contributed by atoms with Gasteiger partial charge in [0.15, 0.2) is 0 Å². The van der Waals surface area contributed by atoms with Gasteiger partial charge in [0.25, 0.3) is 0 Å². The average Bonchev–Trinajstić information content (AvgIpc) is 2.04. The minimum absolute atomic E-state index is 0. The molecule has 0 atom stereocenters. The van der Waals surface area contributed by atoms with Crippen molar-refractivity contribution in [1.82, 2.24) is 0 Å². The number of hydrogen-bond donors (Lipinski definition) is 1. The summed E-state index contributed by atoms with van der Waals surface area (Å²) in [4.78, 5) is 0. The number of benzene rings is 1. The molecule has 0 aliphatic rings. The maximum Gasteiger partial charge on any atom is 0.119 e. The Balaban J connectivity index is 0.00000169. The fraction of sp³-hybridized carbons (Fsp3) is 0.500. The molecule has 0 fully saturated rings. The zero-order chi connectivity index (χ0) is 10.1. The Hall–Kier alpha value is -0.292. The number of para-hydroxylation sites is 1. The predicted molar refractivity (Wildman–Crippen MR) is 56.0 cm³/mol. The average molecular weight is 362 g/mol. The molecule has 0 unspecified atom stereocenters. The normalized spacial score (nSPS) is 11.2. The fourth-order valence-electron chi connectivity index (χ4n) is 1.33. The molecule has 2 heteroatoms. The van der Waals surface area contributed by atoms with Crippen molar-refractivity contribution in [1.29, 1.82) is 0 Å². The van der Waals surface area contributed by atoms with Crippen LogP contribution >= 0.6 is 0 Å². The van der Waals surface area contributed by atoms with Gasteiger partial charge in [0.1, 0.15) is 5.75 Å². The number of aromatic hydroxyl groups is 1. The minimum Gasteiger partial charge on any atom is -0.508 e. The SMILES string of the molecule is CC(C)C(C)(C)c1ccccc1O.[W]. The molecule has 0 amide bonds. The molecule has 1 aromatic carbocycles. The molecule has 1 N–H and O–H groups in total. The third kappa shape index (κ3) is 2.60. The molecule has 0 aromatic heterocycles. The molecule has 1 rings (SSSR count). The van der Waals surface area contributed by atoms with Crippen LogP contribution in [0.25, 0.3) is 0 Å². The molecular weight excluding hydrogens is 344 g/mol. The van der Waals surface area contributed by atoms with Crippen LogP contribution in [-0.2, 0) is 26.5 Å². The number of phenolic OH excluding ortho intramolecular Hbond substituents is 1. The summed E-state index contributed by atoms with van der Waals surface area (Å²) in [7, 11) is 0. The molecule has 78 valence electrons. The van der Waals surface area contributed by atoms with Crippen LogP contribution in [0.2, 0.25) is 0 Å². The van der Waals surface area contributed by atoms with E-state index < -0.39 is 0 Å². The topological polar surface area (TPSA) is 20.2 Å². The van der Waals surface area contributed by atoms with Crippen LogP contribution in [0.3, 0.4) is 0 Å². The number of phenols is 1. The summed E-state index contributed by atoms with van der Waals surface area (Å²) < 4.78 is 0. The van der Waals surface area contributed by atoms with Crippen molar-refractivity contribution in [3.05, 3.63) is 29.8 Å². The van der Waals surface area contributed by atoms with Crippen molar-refractivity contribution in [3.63, 3.8) is 0 Å². The Bertz CT molecular complexity index is 292. The predicted octanol–water partition coefficient (Wildman–Crippen LogP) is 3.32. The van der Waals surface area contributed by atoms with Crippen LogP contribution in [-0.4, -0.2) is 5.11 Å². The van der Waals surface area contributed by atoms with Crippen molar-refractivity contribution in [2.45, 2.75) is 33.1 Å². The summed E-state index contributed by atoms with van der Waals surface area (Å²) in [5, 5.41) is 9.70. The van der Waals surface area contributed by atoms with Gasteiger partial charge in [0.2, 0.25) is 0 Å². The van der Waals surface area contributed by atoms with E-state index in [4.69, 9.17) is 0 Å². The molecule has 14 heavy (non-hydrogen) atoms. The van der Waals surface area contributed by atoms with Gasteiger partial charge in [0, 0.05) is 21.1 Å². The van der Waals surface area contributed by atoms with Crippen molar-refractivity contribution >= 4 is 0 Å². The second kappa shape index (κ2) is 4.98. The maximum atomic E-state index is 9.70. The Labute approximate surface area is 101 Å². The molecule has 0 saturated heterocycles. The molecule has 0 aliphatic carbocycles. The van der Waals surface area contributed by atoms with Gasteiger partial charge in [-0.3, -0.25) is 0 Å². The second-order valence-corrected chi connectivity index (χ2v) is 4.39. The number of rotatable bonds is 2. The summed E-state index contributed by atoms with van der Waals surface area (Å²) in [5.41, 5.74) is 1.07. The molecular formula is C12H18OW. The third-order valence-corrected chi connectivity index (χ3v) is 3.04. The Morgan fingerprint density at radius 2 is 1.64 bits per heavy atom. The van der Waals surface area contributed by atoms with Crippen molar-refractivity contribution in [2.24, 2.45) is 5.92 Å². The van der Waals surface area contributed by atoms with E-state index in [-0.39, 0.29) is 26.5 Å². The van der Waals surface area contributed by atoms with Crippen LogP contribution in [0.1, 0.15) is 33.3 Å². The number of hydrogen-bond acceptors (Lipinski definition) is 1. The van der Waals surface area contributed by atoms with E-state index in [0.29, 0.717) is 11.7 Å². The van der Waals surface area contributed by atoms with Gasteiger partial charge in [-0.1, -0.05) is 45.9 Å². The summed E-state index contributed by atoms with van der Waals surface area (Å²) >= 11 is 0. The minimum atomic E-state index is 0. The van der Waals surface area contributed by atoms with Crippen LogP contribution in [0.4, 0.5) is 0 Å². The van der Waals surface area contributed by atoms with E-state index in [1.165, 1.54) is 0 Å². The van der Waals surface area contributed by atoms with Crippen LogP contribution < -0.4 is 0 Å². The van der Waals surface area contributed by atoms with E-state index in [1.54, 1.807) is 6.07 Å².